The molecule has 176 valence electrons. The summed E-state index contributed by atoms with van der Waals surface area (Å²) in [5.74, 6) is -0.616. The number of nitrogens with one attached hydrogen (secondary N) is 1. The average Bonchev–Trinajstić information content (AvgIpc) is 2.83. The summed E-state index contributed by atoms with van der Waals surface area (Å²) in [7, 11) is 1.34. The predicted molar refractivity (Wildman–Crippen MR) is 129 cm³/mol. The largest absolute Gasteiger partial charge is 0.493 e. The Balaban J connectivity index is 1.88. The molecule has 0 spiro atoms. The van der Waals surface area contributed by atoms with E-state index in [2.05, 4.69) is 21.2 Å². The number of anilines is 1. The Bertz CT molecular complexity index is 1400. The minimum atomic E-state index is -0.797. The summed E-state index contributed by atoms with van der Waals surface area (Å²) in [6, 6.07) is 16.1. The number of carbonyl (C=O) groups is 1. The summed E-state index contributed by atoms with van der Waals surface area (Å²) in [6.07, 6.45) is 1.34. The van der Waals surface area contributed by atoms with Gasteiger partial charge in [0.1, 0.15) is 11.6 Å². The number of ether oxygens (including phenoxy) is 2. The molecule has 12 heteroatoms. The topological polar surface area (TPSA) is 158 Å². The molecule has 0 aromatic heterocycles. The Hall–Kier alpha value is -4.76. The summed E-state index contributed by atoms with van der Waals surface area (Å²) in [4.78, 5) is 33.2. The number of benzene rings is 3. The highest BCUT2D eigenvalue weighted by Gasteiger charge is 2.22. The fraction of sp³-hybridized carbons (Fsp3) is 0.0435. The van der Waals surface area contributed by atoms with Crippen molar-refractivity contribution < 1.29 is 24.1 Å². The van der Waals surface area contributed by atoms with Gasteiger partial charge in [0.15, 0.2) is 11.5 Å². The Morgan fingerprint density at radius 1 is 1.03 bits per heavy atom. The first kappa shape index (κ1) is 24.9. The van der Waals surface area contributed by atoms with Crippen molar-refractivity contribution in [3.8, 4) is 23.3 Å². The van der Waals surface area contributed by atoms with Crippen LogP contribution in [-0.2, 0) is 4.79 Å². The molecule has 0 aliphatic carbocycles. The zero-order valence-corrected chi connectivity index (χ0v) is 19.5. The van der Waals surface area contributed by atoms with Gasteiger partial charge < -0.3 is 14.8 Å². The van der Waals surface area contributed by atoms with Crippen molar-refractivity contribution in [3.63, 3.8) is 0 Å². The van der Waals surface area contributed by atoms with Crippen LogP contribution < -0.4 is 14.8 Å². The Morgan fingerprint density at radius 2 is 1.77 bits per heavy atom. The zero-order valence-electron chi connectivity index (χ0n) is 17.9. The normalized spacial score (nSPS) is 10.7. The quantitative estimate of drug-likeness (QED) is 0.167. The molecular weight excluding hydrogens is 524 g/mol. The number of nitro benzene ring substituents is 2. The summed E-state index contributed by atoms with van der Waals surface area (Å²) in [5, 5.41) is 34.4. The monoisotopic (exact) mass is 538 g/mol. The van der Waals surface area contributed by atoms with E-state index in [0.29, 0.717) is 11.3 Å². The maximum absolute atomic E-state index is 12.5. The van der Waals surface area contributed by atoms with Crippen molar-refractivity contribution in [1.29, 1.82) is 5.26 Å². The van der Waals surface area contributed by atoms with Gasteiger partial charge in [0.2, 0.25) is 5.75 Å². The SMILES string of the molecule is COc1cc(/C=C(/C#N)C(=O)Nc2cccc(Br)c2)ccc1Oc1ccc([N+](=O)[O-])cc1[N+](=O)[O-]. The molecule has 35 heavy (non-hydrogen) atoms. The molecule has 3 aromatic rings. The van der Waals surface area contributed by atoms with E-state index < -0.39 is 27.1 Å². The molecule has 0 saturated carbocycles. The van der Waals surface area contributed by atoms with Crippen molar-refractivity contribution in [2.24, 2.45) is 0 Å². The molecule has 0 fully saturated rings. The maximum atomic E-state index is 12.5. The van der Waals surface area contributed by atoms with E-state index in [9.17, 15) is 30.3 Å². The number of hydrogen-bond donors (Lipinski definition) is 1. The Labute approximate surface area is 206 Å². The van der Waals surface area contributed by atoms with E-state index in [1.807, 2.05) is 6.07 Å². The molecular formula is C23H15BrN4O7. The van der Waals surface area contributed by atoms with Crippen molar-refractivity contribution >= 4 is 45.0 Å². The van der Waals surface area contributed by atoms with E-state index in [1.54, 1.807) is 24.3 Å². The highest BCUT2D eigenvalue weighted by molar-refractivity contribution is 9.10. The number of nitrogens with zero attached hydrogens (tertiary/aromatic N) is 3. The second-order valence-electron chi connectivity index (χ2n) is 6.81. The minimum Gasteiger partial charge on any atom is -0.493 e. The first-order valence-electron chi connectivity index (χ1n) is 9.69. The third kappa shape index (κ3) is 6.18. The molecule has 0 radical (unpaired) electrons. The lowest BCUT2D eigenvalue weighted by molar-refractivity contribution is -0.394. The number of halogens is 1. The first-order valence-corrected chi connectivity index (χ1v) is 10.5. The van der Waals surface area contributed by atoms with Crippen LogP contribution in [0.4, 0.5) is 17.1 Å². The molecule has 3 rings (SSSR count). The van der Waals surface area contributed by atoms with Crippen molar-refractivity contribution in [2.75, 3.05) is 12.4 Å². The molecule has 0 aliphatic rings. The number of carbonyl (C=O) groups excluding carboxylic acids is 1. The third-order valence-electron chi connectivity index (χ3n) is 4.52. The van der Waals surface area contributed by atoms with E-state index in [-0.39, 0.29) is 22.8 Å². The van der Waals surface area contributed by atoms with Crippen LogP contribution in [-0.4, -0.2) is 22.9 Å². The molecule has 3 aromatic carbocycles. The van der Waals surface area contributed by atoms with Gasteiger partial charge in [-0.25, -0.2) is 0 Å². The molecule has 0 saturated heterocycles. The van der Waals surface area contributed by atoms with Gasteiger partial charge in [-0.1, -0.05) is 28.1 Å². The van der Waals surface area contributed by atoms with Crippen LogP contribution in [0.2, 0.25) is 0 Å². The average molecular weight is 539 g/mol. The van der Waals surface area contributed by atoms with Gasteiger partial charge in [-0.2, -0.15) is 5.26 Å². The van der Waals surface area contributed by atoms with Gasteiger partial charge in [-0.15, -0.1) is 0 Å². The Morgan fingerprint density at radius 3 is 2.40 bits per heavy atom. The fourth-order valence-electron chi connectivity index (χ4n) is 2.90. The molecule has 0 atom stereocenters. The molecule has 0 unspecified atom stereocenters. The highest BCUT2D eigenvalue weighted by atomic mass is 79.9. The lowest BCUT2D eigenvalue weighted by Gasteiger charge is -2.11. The van der Waals surface area contributed by atoms with E-state index in [1.165, 1.54) is 31.4 Å². The molecule has 0 heterocycles. The number of amides is 1. The van der Waals surface area contributed by atoms with Crippen molar-refractivity contribution in [2.45, 2.75) is 0 Å². The molecule has 0 aliphatic heterocycles. The second kappa shape index (κ2) is 10.9. The predicted octanol–water partition coefficient (Wildman–Crippen LogP) is 5.61. The summed E-state index contributed by atoms with van der Waals surface area (Å²) in [5.41, 5.74) is -0.306. The van der Waals surface area contributed by atoms with E-state index in [4.69, 9.17) is 9.47 Å². The zero-order chi connectivity index (χ0) is 25.5. The summed E-state index contributed by atoms with van der Waals surface area (Å²) in [6.45, 7) is 0. The third-order valence-corrected chi connectivity index (χ3v) is 5.01. The second-order valence-corrected chi connectivity index (χ2v) is 7.73. The van der Waals surface area contributed by atoms with Crippen molar-refractivity contribution in [1.82, 2.24) is 0 Å². The lowest BCUT2D eigenvalue weighted by Crippen LogP contribution is -2.13. The standard InChI is InChI=1S/C23H15BrN4O7/c1-34-22-10-14(9-15(13-25)23(29)26-17-4-2-3-16(24)11-17)5-7-21(22)35-20-8-6-18(27(30)31)12-19(20)28(32)33/h2-12H,1H3,(H,26,29)/b15-9-. The van der Waals surface area contributed by atoms with Gasteiger partial charge in [0, 0.05) is 16.2 Å². The van der Waals surface area contributed by atoms with Crippen molar-refractivity contribution in [3.05, 3.63) is 96.5 Å². The van der Waals surface area contributed by atoms with Crippen LogP contribution in [0.5, 0.6) is 17.2 Å². The number of nitriles is 1. The van der Waals surface area contributed by atoms with Gasteiger partial charge in [0.05, 0.1) is 23.0 Å². The minimum absolute atomic E-state index is 0.0821. The van der Waals surface area contributed by atoms with Gasteiger partial charge in [-0.3, -0.25) is 25.0 Å². The van der Waals surface area contributed by atoms with Gasteiger partial charge >= 0.3 is 5.69 Å². The number of rotatable bonds is 8. The Kier molecular flexibility index (Phi) is 7.75. The first-order chi connectivity index (χ1) is 16.7. The van der Waals surface area contributed by atoms with Crippen LogP contribution in [0.15, 0.2) is 70.7 Å². The van der Waals surface area contributed by atoms with Gasteiger partial charge in [-0.05, 0) is 48.0 Å². The number of methoxy groups -OCH3 is 1. The fourth-order valence-corrected chi connectivity index (χ4v) is 3.30. The lowest BCUT2D eigenvalue weighted by atomic mass is 10.1. The summed E-state index contributed by atoms with van der Waals surface area (Å²) >= 11 is 3.30. The van der Waals surface area contributed by atoms with Crippen LogP contribution in [0.1, 0.15) is 5.56 Å². The molecule has 0 bridgehead atoms. The molecule has 1 amide bonds. The van der Waals surface area contributed by atoms with Gasteiger partial charge in [0.25, 0.3) is 11.6 Å². The van der Waals surface area contributed by atoms with Crippen LogP contribution >= 0.6 is 15.9 Å². The van der Waals surface area contributed by atoms with E-state index >= 15 is 0 Å². The maximum Gasteiger partial charge on any atom is 0.318 e. The van der Waals surface area contributed by atoms with Crippen LogP contribution in [0.3, 0.4) is 0 Å². The number of hydrogen-bond acceptors (Lipinski definition) is 8. The van der Waals surface area contributed by atoms with E-state index in [0.717, 1.165) is 22.7 Å². The smallest absolute Gasteiger partial charge is 0.318 e. The van der Waals surface area contributed by atoms with Crippen LogP contribution in [0.25, 0.3) is 6.08 Å². The molecule has 1 N–H and O–H groups in total. The molecule has 11 nitrogen and oxygen atoms in total. The van der Waals surface area contributed by atoms with Crippen LogP contribution in [0, 0.1) is 31.6 Å². The summed E-state index contributed by atoms with van der Waals surface area (Å²) < 4.78 is 11.6. The number of nitro groups is 2. The highest BCUT2D eigenvalue weighted by Crippen LogP contribution is 2.38. The number of non-ortho nitro benzene ring substituents is 1.